The Morgan fingerprint density at radius 1 is 1.53 bits per heavy atom. The molecule has 0 aromatic rings. The van der Waals surface area contributed by atoms with E-state index in [1.165, 1.54) is 32.4 Å². The first kappa shape index (κ1) is 12.9. The van der Waals surface area contributed by atoms with Crippen molar-refractivity contribution in [2.45, 2.75) is 19.3 Å². The number of nitrogens with zero attached hydrogens (tertiary/aromatic N) is 2. The minimum atomic E-state index is 0.452. The molecule has 1 unspecified atom stereocenters. The monoisotopic (exact) mass is 229 g/mol. The zero-order chi connectivity index (χ0) is 11.3. The summed E-state index contributed by atoms with van der Waals surface area (Å²) in [5.74, 6) is 0.452. The quantitative estimate of drug-likeness (QED) is 0.711. The number of rotatable bonds is 5. The highest BCUT2D eigenvalue weighted by Gasteiger charge is 2.21. The second-order valence-corrected chi connectivity index (χ2v) is 5.17. The third kappa shape index (κ3) is 4.91. The van der Waals surface area contributed by atoms with E-state index in [9.17, 15) is 0 Å². The standard InChI is InChI=1S/C11H23N3S/c1-13(2)6-4-8-14-7-3-5-10(9-14)11(12)15/h10H,3-9H2,1-2H3,(H2,12,15). The summed E-state index contributed by atoms with van der Waals surface area (Å²) in [4.78, 5) is 5.43. The maximum atomic E-state index is 5.70. The van der Waals surface area contributed by atoms with Crippen LogP contribution in [0.4, 0.5) is 0 Å². The molecule has 15 heavy (non-hydrogen) atoms. The minimum Gasteiger partial charge on any atom is -0.393 e. The van der Waals surface area contributed by atoms with Gasteiger partial charge in [-0.05, 0) is 53.0 Å². The molecule has 0 spiro atoms. The lowest BCUT2D eigenvalue weighted by atomic mass is 9.98. The van der Waals surface area contributed by atoms with Crippen molar-refractivity contribution in [2.24, 2.45) is 11.7 Å². The molecule has 0 amide bonds. The SMILES string of the molecule is CN(C)CCCN1CCCC(C(N)=S)C1. The molecule has 88 valence electrons. The largest absolute Gasteiger partial charge is 0.393 e. The van der Waals surface area contributed by atoms with Gasteiger partial charge in [0.15, 0.2) is 0 Å². The first-order chi connectivity index (χ1) is 7.09. The summed E-state index contributed by atoms with van der Waals surface area (Å²) >= 11 is 5.07. The summed E-state index contributed by atoms with van der Waals surface area (Å²) in [5.41, 5.74) is 5.70. The van der Waals surface area contributed by atoms with Gasteiger partial charge in [0.1, 0.15) is 0 Å². The zero-order valence-corrected chi connectivity index (χ0v) is 10.7. The summed E-state index contributed by atoms with van der Waals surface area (Å²) in [6.07, 6.45) is 3.65. The van der Waals surface area contributed by atoms with Gasteiger partial charge in [-0.1, -0.05) is 12.2 Å². The highest BCUT2D eigenvalue weighted by Crippen LogP contribution is 2.16. The van der Waals surface area contributed by atoms with Crippen LogP contribution in [0.2, 0.25) is 0 Å². The highest BCUT2D eigenvalue weighted by atomic mass is 32.1. The summed E-state index contributed by atoms with van der Waals surface area (Å²) in [7, 11) is 4.24. The first-order valence-corrected chi connectivity index (χ1v) is 6.17. The van der Waals surface area contributed by atoms with Gasteiger partial charge in [-0.2, -0.15) is 0 Å². The molecule has 1 aliphatic heterocycles. The lowest BCUT2D eigenvalue weighted by molar-refractivity contribution is 0.196. The fourth-order valence-electron chi connectivity index (χ4n) is 2.10. The molecule has 0 saturated carbocycles. The van der Waals surface area contributed by atoms with Gasteiger partial charge >= 0.3 is 0 Å². The van der Waals surface area contributed by atoms with Crippen molar-refractivity contribution < 1.29 is 0 Å². The van der Waals surface area contributed by atoms with Crippen LogP contribution < -0.4 is 5.73 Å². The van der Waals surface area contributed by atoms with E-state index in [0.29, 0.717) is 10.9 Å². The van der Waals surface area contributed by atoms with Crippen molar-refractivity contribution in [3.63, 3.8) is 0 Å². The van der Waals surface area contributed by atoms with Gasteiger partial charge in [-0.15, -0.1) is 0 Å². The molecule has 1 atom stereocenters. The maximum Gasteiger partial charge on any atom is 0.0771 e. The van der Waals surface area contributed by atoms with Crippen LogP contribution in [0.1, 0.15) is 19.3 Å². The highest BCUT2D eigenvalue weighted by molar-refractivity contribution is 7.80. The molecular formula is C11H23N3S. The van der Waals surface area contributed by atoms with Crippen LogP contribution in [-0.2, 0) is 0 Å². The number of thiocarbonyl (C=S) groups is 1. The Kier molecular flexibility index (Phi) is 5.50. The first-order valence-electron chi connectivity index (χ1n) is 5.76. The molecule has 1 fully saturated rings. The summed E-state index contributed by atoms with van der Waals surface area (Å²) in [5, 5.41) is 0. The second-order valence-electron chi connectivity index (χ2n) is 4.70. The molecule has 1 aliphatic rings. The van der Waals surface area contributed by atoms with Crippen molar-refractivity contribution in [1.29, 1.82) is 0 Å². The van der Waals surface area contributed by atoms with Gasteiger partial charge in [0.05, 0.1) is 4.99 Å². The van der Waals surface area contributed by atoms with E-state index < -0.39 is 0 Å². The van der Waals surface area contributed by atoms with E-state index in [-0.39, 0.29) is 0 Å². The lowest BCUT2D eigenvalue weighted by Crippen LogP contribution is -2.41. The molecule has 4 heteroatoms. The summed E-state index contributed by atoms with van der Waals surface area (Å²) in [6.45, 7) is 4.63. The average Bonchev–Trinajstić information content (AvgIpc) is 2.17. The molecule has 1 heterocycles. The van der Waals surface area contributed by atoms with Crippen LogP contribution in [0.5, 0.6) is 0 Å². The van der Waals surface area contributed by atoms with Gasteiger partial charge in [0.2, 0.25) is 0 Å². The van der Waals surface area contributed by atoms with E-state index in [4.69, 9.17) is 18.0 Å². The van der Waals surface area contributed by atoms with Gasteiger partial charge in [-0.25, -0.2) is 0 Å². The molecular weight excluding hydrogens is 206 g/mol. The molecule has 1 saturated heterocycles. The third-order valence-electron chi connectivity index (χ3n) is 2.99. The molecule has 3 nitrogen and oxygen atoms in total. The Morgan fingerprint density at radius 3 is 2.87 bits per heavy atom. The maximum absolute atomic E-state index is 5.70. The van der Waals surface area contributed by atoms with Gasteiger partial charge in [0.25, 0.3) is 0 Å². The van der Waals surface area contributed by atoms with Crippen LogP contribution in [0.25, 0.3) is 0 Å². The predicted octanol–water partition coefficient (Wildman–Crippen LogP) is 0.936. The Hall–Kier alpha value is -0.190. The Bertz CT molecular complexity index is 206. The molecule has 0 aliphatic carbocycles. The Balaban J connectivity index is 2.21. The number of hydrogen-bond acceptors (Lipinski definition) is 3. The van der Waals surface area contributed by atoms with Gasteiger partial charge in [0, 0.05) is 12.5 Å². The van der Waals surface area contributed by atoms with E-state index in [1.807, 2.05) is 0 Å². The van der Waals surface area contributed by atoms with Crippen molar-refractivity contribution in [3.05, 3.63) is 0 Å². The average molecular weight is 229 g/mol. The fraction of sp³-hybridized carbons (Fsp3) is 0.909. The van der Waals surface area contributed by atoms with Gasteiger partial charge < -0.3 is 15.5 Å². The molecule has 2 N–H and O–H groups in total. The molecule has 0 aromatic carbocycles. The number of likely N-dealkylation sites (tertiary alicyclic amines) is 1. The molecule has 1 rings (SSSR count). The normalized spacial score (nSPS) is 23.3. The van der Waals surface area contributed by atoms with E-state index in [0.717, 1.165) is 13.1 Å². The second kappa shape index (κ2) is 6.40. The number of nitrogens with two attached hydrogens (primary N) is 1. The third-order valence-corrected chi connectivity index (χ3v) is 3.32. The summed E-state index contributed by atoms with van der Waals surface area (Å²) < 4.78 is 0. The lowest BCUT2D eigenvalue weighted by Gasteiger charge is -2.32. The van der Waals surface area contributed by atoms with Crippen molar-refractivity contribution >= 4 is 17.2 Å². The van der Waals surface area contributed by atoms with E-state index in [2.05, 4.69) is 23.9 Å². The predicted molar refractivity (Wildman–Crippen MR) is 69.1 cm³/mol. The van der Waals surface area contributed by atoms with Crippen molar-refractivity contribution in [2.75, 3.05) is 40.3 Å². The fourth-order valence-corrected chi connectivity index (χ4v) is 2.29. The van der Waals surface area contributed by atoms with Crippen LogP contribution >= 0.6 is 12.2 Å². The van der Waals surface area contributed by atoms with E-state index >= 15 is 0 Å². The van der Waals surface area contributed by atoms with E-state index in [1.54, 1.807) is 0 Å². The molecule has 0 bridgehead atoms. The molecule has 0 radical (unpaired) electrons. The van der Waals surface area contributed by atoms with Crippen LogP contribution in [0.15, 0.2) is 0 Å². The van der Waals surface area contributed by atoms with Crippen LogP contribution in [0, 0.1) is 5.92 Å². The minimum absolute atomic E-state index is 0.452. The Labute approximate surface area is 98.6 Å². The smallest absolute Gasteiger partial charge is 0.0771 e. The van der Waals surface area contributed by atoms with Crippen molar-refractivity contribution in [3.8, 4) is 0 Å². The van der Waals surface area contributed by atoms with Crippen LogP contribution in [-0.4, -0.2) is 55.1 Å². The number of piperidine rings is 1. The topological polar surface area (TPSA) is 32.5 Å². The zero-order valence-electron chi connectivity index (χ0n) is 9.91. The number of hydrogen-bond donors (Lipinski definition) is 1. The Morgan fingerprint density at radius 2 is 2.27 bits per heavy atom. The van der Waals surface area contributed by atoms with Crippen molar-refractivity contribution in [1.82, 2.24) is 9.80 Å². The van der Waals surface area contributed by atoms with Crippen LogP contribution in [0.3, 0.4) is 0 Å². The molecule has 0 aromatic heterocycles. The van der Waals surface area contributed by atoms with Gasteiger partial charge in [-0.3, -0.25) is 0 Å². The summed E-state index contributed by atoms with van der Waals surface area (Å²) in [6, 6.07) is 0.